The standard InChI is InChI=1S/C12H16N2O4/c1-8-4-10(6-11(5-8)14(17)18)12(16)13(3)7-9(2)15/h4-6,9,15H,7H2,1-3H3. The summed E-state index contributed by atoms with van der Waals surface area (Å²) in [6.07, 6.45) is -0.640. The molecule has 0 radical (unpaired) electrons. The lowest BCUT2D eigenvalue weighted by Gasteiger charge is -2.18. The number of nitro groups is 1. The van der Waals surface area contributed by atoms with Gasteiger partial charge in [0.05, 0.1) is 11.0 Å². The first kappa shape index (κ1) is 14.1. The smallest absolute Gasteiger partial charge is 0.270 e. The Morgan fingerprint density at radius 2 is 2.11 bits per heavy atom. The third kappa shape index (κ3) is 3.53. The number of nitro benzene ring substituents is 1. The molecule has 0 aliphatic rings. The van der Waals surface area contributed by atoms with Crippen molar-refractivity contribution in [3.05, 3.63) is 39.4 Å². The van der Waals surface area contributed by atoms with Gasteiger partial charge in [0.15, 0.2) is 0 Å². The number of carbonyl (C=O) groups excluding carboxylic acids is 1. The number of aliphatic hydroxyl groups is 1. The van der Waals surface area contributed by atoms with Gasteiger partial charge in [-0.05, 0) is 25.5 Å². The molecule has 0 aromatic heterocycles. The molecule has 1 unspecified atom stereocenters. The molecule has 0 aliphatic heterocycles. The summed E-state index contributed by atoms with van der Waals surface area (Å²) in [5, 5.41) is 19.9. The summed E-state index contributed by atoms with van der Waals surface area (Å²) in [6.45, 7) is 3.45. The first-order chi connectivity index (χ1) is 8.31. The molecule has 1 aromatic rings. The van der Waals surface area contributed by atoms with E-state index in [0.29, 0.717) is 5.56 Å². The molecule has 0 heterocycles. The molecule has 1 atom stereocenters. The third-order valence-electron chi connectivity index (χ3n) is 2.40. The highest BCUT2D eigenvalue weighted by Gasteiger charge is 2.17. The number of benzene rings is 1. The Morgan fingerprint density at radius 3 is 2.61 bits per heavy atom. The normalized spacial score (nSPS) is 12.0. The van der Waals surface area contributed by atoms with E-state index in [1.165, 1.54) is 17.0 Å². The number of aliphatic hydroxyl groups excluding tert-OH is 1. The Morgan fingerprint density at radius 1 is 1.50 bits per heavy atom. The highest BCUT2D eigenvalue weighted by molar-refractivity contribution is 5.94. The van der Waals surface area contributed by atoms with Gasteiger partial charge in [0.25, 0.3) is 11.6 Å². The molecule has 0 aliphatic carbocycles. The van der Waals surface area contributed by atoms with Crippen molar-refractivity contribution in [2.75, 3.05) is 13.6 Å². The number of nitrogens with zero attached hydrogens (tertiary/aromatic N) is 2. The van der Waals surface area contributed by atoms with Crippen molar-refractivity contribution in [2.45, 2.75) is 20.0 Å². The number of likely N-dealkylation sites (N-methyl/N-ethyl adjacent to an activating group) is 1. The summed E-state index contributed by atoms with van der Waals surface area (Å²) in [6, 6.07) is 4.24. The van der Waals surface area contributed by atoms with Crippen molar-refractivity contribution >= 4 is 11.6 Å². The lowest BCUT2D eigenvalue weighted by atomic mass is 10.1. The molecule has 0 fully saturated rings. The summed E-state index contributed by atoms with van der Waals surface area (Å²) in [5.41, 5.74) is 0.798. The number of hydrogen-bond donors (Lipinski definition) is 1. The average molecular weight is 252 g/mol. The Hall–Kier alpha value is -1.95. The van der Waals surface area contributed by atoms with E-state index in [9.17, 15) is 20.0 Å². The molecule has 18 heavy (non-hydrogen) atoms. The molecule has 1 aromatic carbocycles. The molecular formula is C12H16N2O4. The van der Waals surface area contributed by atoms with Crippen LogP contribution in [0.4, 0.5) is 5.69 Å². The fraction of sp³-hybridized carbons (Fsp3) is 0.417. The largest absolute Gasteiger partial charge is 0.392 e. The fourth-order valence-electron chi connectivity index (χ4n) is 1.69. The number of aryl methyl sites for hydroxylation is 1. The number of rotatable bonds is 4. The maximum Gasteiger partial charge on any atom is 0.270 e. The number of hydrogen-bond acceptors (Lipinski definition) is 4. The van der Waals surface area contributed by atoms with Gasteiger partial charge in [-0.15, -0.1) is 0 Å². The van der Waals surface area contributed by atoms with Crippen molar-refractivity contribution in [2.24, 2.45) is 0 Å². The Kier molecular flexibility index (Phi) is 4.38. The summed E-state index contributed by atoms with van der Waals surface area (Å²) in [5.74, 6) is -0.345. The van der Waals surface area contributed by atoms with Crippen LogP contribution in [-0.2, 0) is 0 Å². The van der Waals surface area contributed by atoms with E-state index < -0.39 is 11.0 Å². The zero-order chi connectivity index (χ0) is 13.9. The topological polar surface area (TPSA) is 83.7 Å². The van der Waals surface area contributed by atoms with Gasteiger partial charge in [-0.1, -0.05) is 0 Å². The molecule has 1 N–H and O–H groups in total. The zero-order valence-electron chi connectivity index (χ0n) is 10.6. The van der Waals surface area contributed by atoms with E-state index in [2.05, 4.69) is 0 Å². The van der Waals surface area contributed by atoms with Crippen LogP contribution >= 0.6 is 0 Å². The highest BCUT2D eigenvalue weighted by Crippen LogP contribution is 2.17. The van der Waals surface area contributed by atoms with Crippen LogP contribution in [0, 0.1) is 17.0 Å². The summed E-state index contributed by atoms with van der Waals surface area (Å²) in [7, 11) is 1.54. The van der Waals surface area contributed by atoms with Crippen molar-refractivity contribution in [1.82, 2.24) is 4.90 Å². The molecule has 6 nitrogen and oxygen atoms in total. The van der Waals surface area contributed by atoms with Gasteiger partial charge in [0, 0.05) is 31.3 Å². The predicted octanol–water partition coefficient (Wildman–Crippen LogP) is 1.36. The Balaban J connectivity index is 3.02. The SMILES string of the molecule is Cc1cc(C(=O)N(C)CC(C)O)cc([N+](=O)[O-])c1. The zero-order valence-corrected chi connectivity index (χ0v) is 10.6. The lowest BCUT2D eigenvalue weighted by Crippen LogP contribution is -2.33. The number of carbonyl (C=O) groups is 1. The highest BCUT2D eigenvalue weighted by atomic mass is 16.6. The van der Waals surface area contributed by atoms with Crippen molar-refractivity contribution in [3.8, 4) is 0 Å². The van der Waals surface area contributed by atoms with E-state index in [0.717, 1.165) is 0 Å². The maximum atomic E-state index is 12.0. The van der Waals surface area contributed by atoms with Gasteiger partial charge in [-0.25, -0.2) is 0 Å². The maximum absolute atomic E-state index is 12.0. The molecule has 98 valence electrons. The van der Waals surface area contributed by atoms with Crippen molar-refractivity contribution in [3.63, 3.8) is 0 Å². The number of amides is 1. The first-order valence-electron chi connectivity index (χ1n) is 5.51. The molecule has 1 amide bonds. The van der Waals surface area contributed by atoms with Crippen LogP contribution in [0.2, 0.25) is 0 Å². The van der Waals surface area contributed by atoms with Gasteiger partial charge in [-0.3, -0.25) is 14.9 Å². The van der Waals surface area contributed by atoms with Gasteiger partial charge in [0.2, 0.25) is 0 Å². The van der Waals surface area contributed by atoms with Crippen LogP contribution in [0.1, 0.15) is 22.8 Å². The minimum Gasteiger partial charge on any atom is -0.392 e. The van der Waals surface area contributed by atoms with E-state index in [1.54, 1.807) is 27.0 Å². The molecule has 0 saturated carbocycles. The summed E-state index contributed by atoms with van der Waals surface area (Å²) >= 11 is 0. The average Bonchev–Trinajstić information content (AvgIpc) is 2.26. The van der Waals surface area contributed by atoms with Gasteiger partial charge < -0.3 is 10.0 Å². The minimum absolute atomic E-state index is 0.108. The van der Waals surface area contributed by atoms with Crippen LogP contribution < -0.4 is 0 Å². The second kappa shape index (κ2) is 5.59. The van der Waals surface area contributed by atoms with Gasteiger partial charge in [0.1, 0.15) is 0 Å². The third-order valence-corrected chi connectivity index (χ3v) is 2.40. The van der Waals surface area contributed by atoms with Crippen molar-refractivity contribution in [1.29, 1.82) is 0 Å². The van der Waals surface area contributed by atoms with Gasteiger partial charge >= 0.3 is 0 Å². The van der Waals surface area contributed by atoms with E-state index in [-0.39, 0.29) is 23.7 Å². The number of non-ortho nitro benzene ring substituents is 1. The second-order valence-electron chi connectivity index (χ2n) is 4.35. The summed E-state index contributed by atoms with van der Waals surface area (Å²) in [4.78, 5) is 23.5. The first-order valence-corrected chi connectivity index (χ1v) is 5.51. The minimum atomic E-state index is -0.640. The Labute approximate surface area is 105 Å². The molecule has 1 rings (SSSR count). The van der Waals surface area contributed by atoms with E-state index >= 15 is 0 Å². The molecule has 0 spiro atoms. The van der Waals surface area contributed by atoms with Crippen molar-refractivity contribution < 1.29 is 14.8 Å². The monoisotopic (exact) mass is 252 g/mol. The molecular weight excluding hydrogens is 236 g/mol. The van der Waals surface area contributed by atoms with Gasteiger partial charge in [-0.2, -0.15) is 0 Å². The second-order valence-corrected chi connectivity index (χ2v) is 4.35. The van der Waals surface area contributed by atoms with Crippen LogP contribution in [0.5, 0.6) is 0 Å². The van der Waals surface area contributed by atoms with Crippen LogP contribution in [-0.4, -0.2) is 40.5 Å². The quantitative estimate of drug-likeness (QED) is 0.647. The summed E-state index contributed by atoms with van der Waals surface area (Å²) < 4.78 is 0. The van der Waals surface area contributed by atoms with Crippen LogP contribution in [0.3, 0.4) is 0 Å². The molecule has 0 bridgehead atoms. The molecule has 6 heteroatoms. The predicted molar refractivity (Wildman–Crippen MR) is 66.5 cm³/mol. The fourth-order valence-corrected chi connectivity index (χ4v) is 1.69. The molecule has 0 saturated heterocycles. The van der Waals surface area contributed by atoms with E-state index in [4.69, 9.17) is 0 Å². The van der Waals surface area contributed by atoms with Crippen LogP contribution in [0.15, 0.2) is 18.2 Å². The Bertz CT molecular complexity index is 471. The van der Waals surface area contributed by atoms with Crippen LogP contribution in [0.25, 0.3) is 0 Å². The lowest BCUT2D eigenvalue weighted by molar-refractivity contribution is -0.384. The van der Waals surface area contributed by atoms with E-state index in [1.807, 2.05) is 0 Å².